The number of rotatable bonds is 5. The topological polar surface area (TPSA) is 100 Å². The van der Waals surface area contributed by atoms with Gasteiger partial charge >= 0.3 is 18.2 Å². The van der Waals surface area contributed by atoms with Crippen LogP contribution in [0.25, 0.3) is 0 Å². The molecule has 0 bridgehead atoms. The third-order valence-electron chi connectivity index (χ3n) is 5.51. The first kappa shape index (κ1) is 21.6. The average Bonchev–Trinajstić information content (AvgIpc) is 3.29. The molecule has 2 N–H and O–H groups in total. The Morgan fingerprint density at radius 2 is 2.10 bits per heavy atom. The van der Waals surface area contributed by atoms with Gasteiger partial charge in [0.2, 0.25) is 0 Å². The number of carbonyl (C=O) groups is 2. The SMILES string of the molecule is C[C@H](Cc1nncn1C)c1cccc(NC(=O)N2CCC(C(=O)O)(C(F)(F)F)C2)c1. The highest BCUT2D eigenvalue weighted by molar-refractivity contribution is 5.90. The fourth-order valence-corrected chi connectivity index (χ4v) is 3.52. The zero-order valence-electron chi connectivity index (χ0n) is 16.5. The minimum absolute atomic E-state index is 0.0569. The van der Waals surface area contributed by atoms with E-state index in [1.165, 1.54) is 0 Å². The number of hydrogen-bond acceptors (Lipinski definition) is 4. The number of nitrogens with one attached hydrogen (secondary N) is 1. The number of halogens is 3. The molecule has 1 saturated heterocycles. The van der Waals surface area contributed by atoms with Crippen LogP contribution < -0.4 is 5.32 Å². The van der Waals surface area contributed by atoms with Crippen LogP contribution in [0.4, 0.5) is 23.7 Å². The van der Waals surface area contributed by atoms with Crippen molar-refractivity contribution in [1.82, 2.24) is 19.7 Å². The van der Waals surface area contributed by atoms with Gasteiger partial charge in [-0.2, -0.15) is 13.2 Å². The first-order chi connectivity index (χ1) is 14.0. The van der Waals surface area contributed by atoms with Crippen molar-refractivity contribution in [3.63, 3.8) is 0 Å². The van der Waals surface area contributed by atoms with E-state index >= 15 is 0 Å². The van der Waals surface area contributed by atoms with Crippen LogP contribution >= 0.6 is 0 Å². The molecular weight excluding hydrogens is 403 g/mol. The summed E-state index contributed by atoms with van der Waals surface area (Å²) in [7, 11) is 1.84. The van der Waals surface area contributed by atoms with E-state index in [1.54, 1.807) is 24.5 Å². The summed E-state index contributed by atoms with van der Waals surface area (Å²) in [6.45, 7) is 0.778. The lowest BCUT2D eigenvalue weighted by Gasteiger charge is -2.27. The summed E-state index contributed by atoms with van der Waals surface area (Å²) in [6.07, 6.45) is -3.39. The van der Waals surface area contributed by atoms with Crippen LogP contribution in [0.2, 0.25) is 0 Å². The Labute approximate surface area is 170 Å². The molecule has 1 aromatic heterocycles. The quantitative estimate of drug-likeness (QED) is 0.767. The Morgan fingerprint density at radius 1 is 1.37 bits per heavy atom. The molecule has 3 rings (SSSR count). The monoisotopic (exact) mass is 425 g/mol. The van der Waals surface area contributed by atoms with Gasteiger partial charge in [0, 0.05) is 32.2 Å². The van der Waals surface area contributed by atoms with Crippen LogP contribution in [0.15, 0.2) is 30.6 Å². The number of nitrogens with zero attached hydrogens (tertiary/aromatic N) is 4. The van der Waals surface area contributed by atoms with Crippen molar-refractivity contribution >= 4 is 17.7 Å². The maximum Gasteiger partial charge on any atom is 0.406 e. The summed E-state index contributed by atoms with van der Waals surface area (Å²) in [6, 6.07) is 6.22. The fourth-order valence-electron chi connectivity index (χ4n) is 3.52. The van der Waals surface area contributed by atoms with Crippen molar-refractivity contribution in [2.75, 3.05) is 18.4 Å². The van der Waals surface area contributed by atoms with Gasteiger partial charge in [0.1, 0.15) is 12.2 Å². The average molecular weight is 425 g/mol. The van der Waals surface area contributed by atoms with E-state index in [1.807, 2.05) is 24.6 Å². The van der Waals surface area contributed by atoms with E-state index in [9.17, 15) is 22.8 Å². The van der Waals surface area contributed by atoms with Gasteiger partial charge in [-0.1, -0.05) is 19.1 Å². The molecule has 0 radical (unpaired) electrons. The Balaban J connectivity index is 1.68. The van der Waals surface area contributed by atoms with E-state index in [0.29, 0.717) is 12.1 Å². The molecule has 0 spiro atoms. The summed E-state index contributed by atoms with van der Waals surface area (Å²) in [5.74, 6) is -1.11. The Bertz CT molecular complexity index is 945. The van der Waals surface area contributed by atoms with Crippen LogP contribution in [0.3, 0.4) is 0 Å². The second kappa shape index (κ2) is 7.96. The maximum absolute atomic E-state index is 13.3. The van der Waals surface area contributed by atoms with Gasteiger partial charge in [0.15, 0.2) is 5.41 Å². The number of aryl methyl sites for hydroxylation is 1. The van der Waals surface area contributed by atoms with Crippen LogP contribution in [-0.2, 0) is 18.3 Å². The first-order valence-corrected chi connectivity index (χ1v) is 9.32. The van der Waals surface area contributed by atoms with Crippen LogP contribution in [0.1, 0.15) is 30.7 Å². The molecule has 2 aromatic rings. The number of carboxylic acids is 1. The van der Waals surface area contributed by atoms with Gasteiger partial charge in [0.05, 0.1) is 0 Å². The molecule has 0 saturated carbocycles. The summed E-state index contributed by atoms with van der Waals surface area (Å²) in [5.41, 5.74) is -1.61. The highest BCUT2D eigenvalue weighted by atomic mass is 19.4. The number of anilines is 1. The standard InChI is InChI=1S/C19H22F3N5O3/c1-12(8-15-25-23-11-26(15)2)13-4-3-5-14(9-13)24-17(30)27-7-6-18(10-27,16(28)29)19(20,21)22/h3-5,9,11-12H,6-8,10H2,1-2H3,(H,24,30)(H,28,29)/t12-,18?/m1/s1. The normalized spacial score (nSPS) is 20.2. The summed E-state index contributed by atoms with van der Waals surface area (Å²) in [4.78, 5) is 24.6. The lowest BCUT2D eigenvalue weighted by Crippen LogP contribution is -2.48. The van der Waals surface area contributed by atoms with Crippen molar-refractivity contribution < 1.29 is 27.9 Å². The van der Waals surface area contributed by atoms with Crippen LogP contribution in [0.5, 0.6) is 0 Å². The number of aromatic nitrogens is 3. The third kappa shape index (κ3) is 4.10. The van der Waals surface area contributed by atoms with E-state index < -0.39 is 36.6 Å². The molecule has 1 aliphatic heterocycles. The van der Waals surface area contributed by atoms with Gasteiger partial charge in [-0.3, -0.25) is 4.79 Å². The number of urea groups is 1. The van der Waals surface area contributed by atoms with Crippen molar-refractivity contribution in [1.29, 1.82) is 0 Å². The van der Waals surface area contributed by atoms with E-state index in [4.69, 9.17) is 5.11 Å². The van der Waals surface area contributed by atoms with Crippen molar-refractivity contribution in [3.05, 3.63) is 42.0 Å². The minimum Gasteiger partial charge on any atom is -0.481 e. The molecule has 1 unspecified atom stereocenters. The minimum atomic E-state index is -4.94. The molecule has 1 aromatic carbocycles. The summed E-state index contributed by atoms with van der Waals surface area (Å²) < 4.78 is 41.7. The summed E-state index contributed by atoms with van der Waals surface area (Å²) >= 11 is 0. The predicted octanol–water partition coefficient (Wildman–Crippen LogP) is 3.03. The zero-order valence-corrected chi connectivity index (χ0v) is 16.5. The van der Waals surface area contributed by atoms with Gasteiger partial charge in [-0.25, -0.2) is 4.79 Å². The number of carboxylic acid groups (broad SMARTS) is 1. The van der Waals surface area contributed by atoms with Crippen LogP contribution in [0, 0.1) is 5.41 Å². The lowest BCUT2D eigenvalue weighted by atomic mass is 9.86. The van der Waals surface area contributed by atoms with Crippen molar-refractivity contribution in [2.45, 2.75) is 31.9 Å². The van der Waals surface area contributed by atoms with Crippen LogP contribution in [-0.4, -0.2) is 56.0 Å². The number of alkyl halides is 3. The van der Waals surface area contributed by atoms with Gasteiger partial charge < -0.3 is 19.9 Å². The number of hydrogen-bond donors (Lipinski definition) is 2. The zero-order chi connectivity index (χ0) is 22.1. The molecule has 0 aliphatic carbocycles. The predicted molar refractivity (Wildman–Crippen MR) is 101 cm³/mol. The second-order valence-electron chi connectivity index (χ2n) is 7.58. The highest BCUT2D eigenvalue weighted by Crippen LogP contribution is 2.45. The Morgan fingerprint density at radius 3 is 2.67 bits per heavy atom. The Kier molecular flexibility index (Phi) is 5.73. The third-order valence-corrected chi connectivity index (χ3v) is 5.51. The Hall–Kier alpha value is -3.11. The molecule has 2 atom stereocenters. The number of carbonyl (C=O) groups excluding carboxylic acids is 1. The molecule has 8 nitrogen and oxygen atoms in total. The molecule has 162 valence electrons. The van der Waals surface area contributed by atoms with E-state index in [2.05, 4.69) is 15.5 Å². The lowest BCUT2D eigenvalue weighted by molar-refractivity contribution is -0.226. The molecule has 2 heterocycles. The first-order valence-electron chi connectivity index (χ1n) is 9.32. The smallest absolute Gasteiger partial charge is 0.406 e. The number of amides is 2. The molecule has 2 amide bonds. The largest absolute Gasteiger partial charge is 0.481 e. The van der Waals surface area contributed by atoms with Crippen molar-refractivity contribution in [2.24, 2.45) is 12.5 Å². The van der Waals surface area contributed by atoms with Gasteiger partial charge in [0.25, 0.3) is 0 Å². The number of aliphatic carboxylic acids is 1. The van der Waals surface area contributed by atoms with Gasteiger partial charge in [-0.05, 0) is 30.0 Å². The van der Waals surface area contributed by atoms with Crippen molar-refractivity contribution in [3.8, 4) is 0 Å². The summed E-state index contributed by atoms with van der Waals surface area (Å²) in [5, 5.41) is 19.6. The van der Waals surface area contributed by atoms with E-state index in [-0.39, 0.29) is 12.5 Å². The maximum atomic E-state index is 13.3. The second-order valence-corrected chi connectivity index (χ2v) is 7.58. The van der Waals surface area contributed by atoms with Gasteiger partial charge in [-0.15, -0.1) is 10.2 Å². The number of benzene rings is 1. The molecule has 1 aliphatic rings. The molecule has 1 fully saturated rings. The molecular formula is C19H22F3N5O3. The highest BCUT2D eigenvalue weighted by Gasteiger charge is 2.64. The molecule has 11 heteroatoms. The number of likely N-dealkylation sites (tertiary alicyclic amines) is 1. The molecule has 30 heavy (non-hydrogen) atoms. The van der Waals surface area contributed by atoms with E-state index in [0.717, 1.165) is 16.3 Å². The fraction of sp³-hybridized carbons (Fsp3) is 0.474.